The molecule has 3 aliphatic rings. The maximum absolute atomic E-state index is 2.49. The summed E-state index contributed by atoms with van der Waals surface area (Å²) >= 11 is 0. The number of hydrogen-bond donors (Lipinski definition) is 0. The van der Waals surface area contributed by atoms with Crippen molar-refractivity contribution in [1.82, 2.24) is 4.57 Å². The largest absolute Gasteiger partial charge is 0.310 e. The third-order valence-corrected chi connectivity index (χ3v) is 14.0. The number of rotatable bonds is 4. The van der Waals surface area contributed by atoms with Crippen molar-refractivity contribution in [3.8, 4) is 39.1 Å². The van der Waals surface area contributed by atoms with E-state index in [2.05, 4.69) is 230 Å². The lowest BCUT2D eigenvalue weighted by Crippen LogP contribution is -2.26. The Hall–Kier alpha value is -7.42. The van der Waals surface area contributed by atoms with Crippen molar-refractivity contribution in [2.45, 2.75) is 66.2 Å². The maximum atomic E-state index is 2.49. The third-order valence-electron chi connectivity index (χ3n) is 14.0. The fraction of sp³-hybridized carbons (Fsp3) is 0.156. The molecular weight excluding hydrogens is 797 g/mol. The van der Waals surface area contributed by atoms with E-state index in [1.165, 1.54) is 94.3 Å². The van der Waals surface area contributed by atoms with Gasteiger partial charge in [-0.1, -0.05) is 201 Å². The summed E-state index contributed by atoms with van der Waals surface area (Å²) in [5.74, 6) is 0. The molecule has 0 atom stereocenters. The summed E-state index contributed by atoms with van der Waals surface area (Å²) in [5.41, 5.74) is 22.5. The van der Waals surface area contributed by atoms with E-state index in [1.807, 2.05) is 41.5 Å². The molecule has 0 unspecified atom stereocenters. The highest BCUT2D eigenvalue weighted by molar-refractivity contribution is 6.09. The smallest absolute Gasteiger partial charge is 0.0726 e. The lowest BCUT2D eigenvalue weighted by molar-refractivity contribution is 0.660. The molecule has 0 aliphatic heterocycles. The van der Waals surface area contributed by atoms with E-state index in [9.17, 15) is 0 Å². The van der Waals surface area contributed by atoms with Gasteiger partial charge in [0.25, 0.3) is 0 Å². The Bertz CT molecular complexity index is 3300. The highest BCUT2D eigenvalue weighted by Gasteiger charge is 2.51. The lowest BCUT2D eigenvalue weighted by atomic mass is 9.70. The predicted molar refractivity (Wildman–Crippen MR) is 283 cm³/mol. The highest BCUT2D eigenvalue weighted by atomic mass is 15.1. The molecule has 2 heteroatoms. The second-order valence-corrected chi connectivity index (χ2v) is 17.2. The third kappa shape index (κ3) is 6.01. The van der Waals surface area contributed by atoms with Gasteiger partial charge in [-0.15, -0.1) is 0 Å². The molecule has 0 saturated carbocycles. The zero-order valence-electron chi connectivity index (χ0n) is 39.5. The topological polar surface area (TPSA) is 8.17 Å². The molecule has 9 aromatic carbocycles. The minimum Gasteiger partial charge on any atom is -0.310 e. The zero-order chi connectivity index (χ0) is 45.7. The summed E-state index contributed by atoms with van der Waals surface area (Å²) in [7, 11) is 0. The van der Waals surface area contributed by atoms with Crippen LogP contribution in [0.15, 0.2) is 206 Å². The van der Waals surface area contributed by atoms with E-state index in [0.717, 1.165) is 17.1 Å². The first kappa shape index (κ1) is 42.5. The van der Waals surface area contributed by atoms with Crippen molar-refractivity contribution >= 4 is 38.9 Å². The van der Waals surface area contributed by atoms with Gasteiger partial charge in [0.15, 0.2) is 0 Å². The molecule has 0 amide bonds. The average molecular weight is 855 g/mol. The van der Waals surface area contributed by atoms with E-state index in [-0.39, 0.29) is 5.41 Å². The number of aromatic nitrogens is 1. The Morgan fingerprint density at radius 3 is 1.21 bits per heavy atom. The van der Waals surface area contributed by atoms with Gasteiger partial charge < -0.3 is 9.47 Å². The van der Waals surface area contributed by atoms with E-state index >= 15 is 0 Å². The Labute approximate surface area is 391 Å². The molecule has 66 heavy (non-hydrogen) atoms. The molecule has 1 spiro atoms. The van der Waals surface area contributed by atoms with Gasteiger partial charge in [0.2, 0.25) is 0 Å². The predicted octanol–water partition coefficient (Wildman–Crippen LogP) is 18.0. The van der Waals surface area contributed by atoms with Crippen LogP contribution < -0.4 is 4.90 Å². The van der Waals surface area contributed by atoms with Crippen LogP contribution in [0.3, 0.4) is 0 Å². The van der Waals surface area contributed by atoms with E-state index in [0.29, 0.717) is 0 Å². The van der Waals surface area contributed by atoms with Gasteiger partial charge in [-0.2, -0.15) is 0 Å². The van der Waals surface area contributed by atoms with Crippen LogP contribution in [0.1, 0.15) is 88.8 Å². The minimum absolute atomic E-state index is 0.224. The minimum atomic E-state index is -0.410. The lowest BCUT2D eigenvalue weighted by Gasteiger charge is -2.32. The molecule has 0 radical (unpaired) electrons. The van der Waals surface area contributed by atoms with Crippen molar-refractivity contribution in [3.63, 3.8) is 0 Å². The van der Waals surface area contributed by atoms with Crippen LogP contribution in [0.25, 0.3) is 60.9 Å². The fourth-order valence-corrected chi connectivity index (χ4v) is 11.4. The van der Waals surface area contributed by atoms with Crippen molar-refractivity contribution in [2.75, 3.05) is 4.90 Å². The van der Waals surface area contributed by atoms with Gasteiger partial charge in [0.05, 0.1) is 16.4 Å². The summed E-state index contributed by atoms with van der Waals surface area (Å²) < 4.78 is 2.44. The van der Waals surface area contributed by atoms with Crippen LogP contribution in [-0.2, 0) is 10.8 Å². The summed E-state index contributed by atoms with van der Waals surface area (Å²) in [6, 6.07) is 77.1. The van der Waals surface area contributed by atoms with E-state index in [4.69, 9.17) is 0 Å². The number of hydrogen-bond acceptors (Lipinski definition) is 1. The fourth-order valence-electron chi connectivity index (χ4n) is 11.4. The van der Waals surface area contributed by atoms with Crippen molar-refractivity contribution in [1.29, 1.82) is 0 Å². The first-order valence-corrected chi connectivity index (χ1v) is 24.1. The van der Waals surface area contributed by atoms with Gasteiger partial charge in [-0.05, 0) is 127 Å². The standard InChI is InChI=1S/C58H40N2.3C2H6/c1-57(2)52-34-38(28-31-44(52)45-32-30-40(35-53(45)57)60-55-26-14-9-21-47(55)48-22-10-15-27-56(48)60)59(37-16-4-3-5-17-37)39-29-33-46-43-20-8-13-25-51(43)58(54(46)36-39)49-23-11-6-18-41(49)42-19-7-12-24-50(42)58;3*1-2/h3-36H,1-2H3;3*1-2H3. The first-order chi connectivity index (χ1) is 32.5. The normalized spacial score (nSPS) is 13.4. The van der Waals surface area contributed by atoms with Gasteiger partial charge in [0, 0.05) is 38.9 Å². The molecule has 0 saturated heterocycles. The summed E-state index contributed by atoms with van der Waals surface area (Å²) in [5, 5.41) is 2.56. The molecule has 13 rings (SSSR count). The van der Waals surface area contributed by atoms with Crippen molar-refractivity contribution in [2.24, 2.45) is 0 Å². The molecule has 0 bridgehead atoms. The number of nitrogens with zero attached hydrogens (tertiary/aromatic N) is 2. The number of benzene rings is 9. The monoisotopic (exact) mass is 854 g/mol. The molecule has 2 nitrogen and oxygen atoms in total. The summed E-state index contributed by atoms with van der Waals surface area (Å²) in [6.45, 7) is 16.8. The number of anilines is 3. The average Bonchev–Trinajstić information content (AvgIpc) is 4.06. The Morgan fingerprint density at radius 1 is 0.318 bits per heavy atom. The molecular formula is C64H58N2. The highest BCUT2D eigenvalue weighted by Crippen LogP contribution is 2.63. The molecule has 1 aromatic heterocycles. The maximum Gasteiger partial charge on any atom is 0.0726 e. The quantitative estimate of drug-likeness (QED) is 0.171. The molecule has 3 aliphatic carbocycles. The van der Waals surface area contributed by atoms with Crippen LogP contribution in [0, 0.1) is 0 Å². The molecule has 10 aromatic rings. The Kier molecular flexibility index (Phi) is 10.9. The number of fused-ring (bicyclic) bond motifs is 16. The summed E-state index contributed by atoms with van der Waals surface area (Å²) in [6.07, 6.45) is 0. The summed E-state index contributed by atoms with van der Waals surface area (Å²) in [4.78, 5) is 2.46. The van der Waals surface area contributed by atoms with Crippen LogP contribution in [0.4, 0.5) is 17.1 Å². The van der Waals surface area contributed by atoms with Gasteiger partial charge in [0.1, 0.15) is 0 Å². The van der Waals surface area contributed by atoms with E-state index < -0.39 is 5.41 Å². The second-order valence-electron chi connectivity index (χ2n) is 17.2. The van der Waals surface area contributed by atoms with Crippen molar-refractivity contribution in [3.05, 3.63) is 240 Å². The number of para-hydroxylation sites is 3. The molecule has 0 N–H and O–H groups in total. The van der Waals surface area contributed by atoms with Crippen LogP contribution in [0.2, 0.25) is 0 Å². The van der Waals surface area contributed by atoms with E-state index in [1.54, 1.807) is 0 Å². The molecule has 324 valence electrons. The van der Waals surface area contributed by atoms with Gasteiger partial charge >= 0.3 is 0 Å². The molecule has 1 heterocycles. The van der Waals surface area contributed by atoms with Crippen molar-refractivity contribution < 1.29 is 0 Å². The first-order valence-electron chi connectivity index (χ1n) is 24.1. The van der Waals surface area contributed by atoms with Crippen LogP contribution in [-0.4, -0.2) is 4.57 Å². The van der Waals surface area contributed by atoms with Crippen LogP contribution >= 0.6 is 0 Å². The Morgan fingerprint density at radius 2 is 0.697 bits per heavy atom. The van der Waals surface area contributed by atoms with Crippen LogP contribution in [0.5, 0.6) is 0 Å². The van der Waals surface area contributed by atoms with Gasteiger partial charge in [-0.25, -0.2) is 0 Å². The second kappa shape index (κ2) is 16.9. The SMILES string of the molecule is CC.CC.CC.CC1(C)c2cc(N(c3ccccc3)c3ccc4c(c3)C3(c5ccccc5-c5ccccc53)c3ccccc3-4)ccc2-c2ccc(-n3c4ccccc4c4ccccc43)cc21. The zero-order valence-corrected chi connectivity index (χ0v) is 39.5. The Balaban J connectivity index is 0.000000821. The van der Waals surface area contributed by atoms with Gasteiger partial charge in [-0.3, -0.25) is 0 Å². The molecule has 0 fully saturated rings.